The van der Waals surface area contributed by atoms with Gasteiger partial charge in [0.2, 0.25) is 0 Å². The number of H-pyrrole nitrogens is 1. The van der Waals surface area contributed by atoms with Crippen LogP contribution in [0.2, 0.25) is 0 Å². The van der Waals surface area contributed by atoms with Gasteiger partial charge in [0.05, 0.1) is 23.3 Å². The van der Waals surface area contributed by atoms with Gasteiger partial charge in [-0.1, -0.05) is 6.07 Å². The summed E-state index contributed by atoms with van der Waals surface area (Å²) >= 11 is 0. The molecule has 2 N–H and O–H groups in total. The van der Waals surface area contributed by atoms with Crippen LogP contribution < -0.4 is 21.5 Å². The third kappa shape index (κ3) is 4.19. The van der Waals surface area contributed by atoms with Gasteiger partial charge in [-0.3, -0.25) is 19.1 Å². The van der Waals surface area contributed by atoms with Gasteiger partial charge >= 0.3 is 5.69 Å². The van der Waals surface area contributed by atoms with Crippen LogP contribution in [0.5, 0.6) is 0 Å². The minimum atomic E-state index is -0.380. The van der Waals surface area contributed by atoms with Crippen molar-refractivity contribution in [1.29, 1.82) is 0 Å². The third-order valence-electron chi connectivity index (χ3n) is 5.56. The van der Waals surface area contributed by atoms with Crippen molar-refractivity contribution >= 4 is 22.6 Å². The molecule has 0 radical (unpaired) electrons. The molecule has 10 nitrogen and oxygen atoms in total. The molecule has 1 amide bonds. The highest BCUT2D eigenvalue weighted by atomic mass is 16.2. The van der Waals surface area contributed by atoms with Crippen LogP contribution in [-0.2, 0) is 13.1 Å². The summed E-state index contributed by atoms with van der Waals surface area (Å²) in [6.45, 7) is 6.10. The zero-order valence-electron chi connectivity index (χ0n) is 17.6. The molecular weight excluding hydrogens is 398 g/mol. The Bertz CT molecular complexity index is 1210. The highest BCUT2D eigenvalue weighted by Gasteiger charge is 2.19. The Hall–Kier alpha value is -3.53. The topological polar surface area (TPSA) is 116 Å². The smallest absolute Gasteiger partial charge is 0.328 e. The predicted molar refractivity (Wildman–Crippen MR) is 117 cm³/mol. The van der Waals surface area contributed by atoms with Crippen molar-refractivity contribution in [3.8, 4) is 0 Å². The summed E-state index contributed by atoms with van der Waals surface area (Å²) in [5.41, 5.74) is 1.27. The summed E-state index contributed by atoms with van der Waals surface area (Å²) in [5.74, 6) is 0.497. The van der Waals surface area contributed by atoms with E-state index in [0.717, 1.165) is 44.1 Å². The molecule has 1 aliphatic heterocycles. The molecule has 1 fully saturated rings. The number of rotatable bonds is 5. The Morgan fingerprint density at radius 1 is 1.13 bits per heavy atom. The van der Waals surface area contributed by atoms with Gasteiger partial charge in [-0.25, -0.2) is 14.8 Å². The molecule has 0 atom stereocenters. The van der Waals surface area contributed by atoms with Gasteiger partial charge in [0.25, 0.3) is 11.5 Å². The van der Waals surface area contributed by atoms with E-state index in [1.165, 1.54) is 10.8 Å². The van der Waals surface area contributed by atoms with Crippen LogP contribution in [0.3, 0.4) is 0 Å². The van der Waals surface area contributed by atoms with Gasteiger partial charge in [-0.05, 0) is 24.6 Å². The second-order valence-corrected chi connectivity index (χ2v) is 7.46. The lowest BCUT2D eigenvalue weighted by Crippen LogP contribution is -2.46. The molecule has 31 heavy (non-hydrogen) atoms. The molecule has 3 aromatic rings. The van der Waals surface area contributed by atoms with E-state index in [4.69, 9.17) is 0 Å². The van der Waals surface area contributed by atoms with Gasteiger partial charge in [0, 0.05) is 46.3 Å². The Kier molecular flexibility index (Phi) is 5.81. The third-order valence-corrected chi connectivity index (χ3v) is 5.56. The van der Waals surface area contributed by atoms with E-state index in [0.29, 0.717) is 23.1 Å². The van der Waals surface area contributed by atoms with Gasteiger partial charge < -0.3 is 15.2 Å². The average molecular weight is 423 g/mol. The number of amides is 1. The number of nitrogens with zero attached hydrogens (tertiary/aromatic N) is 5. The molecule has 1 aromatic carbocycles. The first-order valence-electron chi connectivity index (χ1n) is 10.3. The van der Waals surface area contributed by atoms with E-state index in [1.807, 2.05) is 12.1 Å². The van der Waals surface area contributed by atoms with Crippen molar-refractivity contribution in [2.75, 3.05) is 38.1 Å². The van der Waals surface area contributed by atoms with E-state index in [9.17, 15) is 14.4 Å². The second kappa shape index (κ2) is 8.68. The van der Waals surface area contributed by atoms with E-state index in [-0.39, 0.29) is 17.2 Å². The number of aromatic nitrogens is 4. The molecule has 0 saturated carbocycles. The van der Waals surface area contributed by atoms with Crippen molar-refractivity contribution in [1.82, 2.24) is 29.7 Å². The Labute approximate surface area is 178 Å². The number of piperazine rings is 1. The zero-order chi connectivity index (χ0) is 22.0. The highest BCUT2D eigenvalue weighted by Crippen LogP contribution is 2.16. The number of hydrogen-bond donors (Lipinski definition) is 2. The van der Waals surface area contributed by atoms with Crippen LogP contribution in [0.1, 0.15) is 23.0 Å². The van der Waals surface area contributed by atoms with Crippen LogP contribution in [-0.4, -0.2) is 63.6 Å². The molecule has 1 saturated heterocycles. The van der Waals surface area contributed by atoms with Crippen LogP contribution in [0, 0.1) is 0 Å². The molecule has 2 aromatic heterocycles. The number of aromatic amines is 1. The first-order chi connectivity index (χ1) is 15.0. The lowest BCUT2D eigenvalue weighted by Gasteiger charge is -2.35. The summed E-state index contributed by atoms with van der Waals surface area (Å²) in [6, 6.07) is 5.61. The zero-order valence-corrected chi connectivity index (χ0v) is 17.6. The van der Waals surface area contributed by atoms with Crippen molar-refractivity contribution < 1.29 is 4.79 Å². The van der Waals surface area contributed by atoms with Gasteiger partial charge in [0.15, 0.2) is 0 Å². The Morgan fingerprint density at radius 3 is 2.55 bits per heavy atom. The number of benzene rings is 1. The Balaban J connectivity index is 1.42. The van der Waals surface area contributed by atoms with Crippen LogP contribution >= 0.6 is 0 Å². The highest BCUT2D eigenvalue weighted by molar-refractivity contribution is 5.91. The van der Waals surface area contributed by atoms with Gasteiger partial charge in [0.1, 0.15) is 11.5 Å². The van der Waals surface area contributed by atoms with Crippen LogP contribution in [0.15, 0.2) is 40.2 Å². The van der Waals surface area contributed by atoms with Crippen LogP contribution in [0.4, 0.5) is 5.82 Å². The molecule has 162 valence electrons. The van der Waals surface area contributed by atoms with Crippen LogP contribution in [0.25, 0.3) is 10.9 Å². The minimum absolute atomic E-state index is 0.255. The SMILES string of the molecule is CCn1c(=O)[nH]c2cc(CN3CCN(c4cnc(C(=O)NC)cn4)CC3)ccc2c1=O. The first-order valence-corrected chi connectivity index (χ1v) is 10.3. The molecular formula is C21H25N7O3. The van der Waals surface area contributed by atoms with Crippen molar-refractivity contribution in [3.63, 3.8) is 0 Å². The summed E-state index contributed by atoms with van der Waals surface area (Å²) in [6.07, 6.45) is 3.12. The monoisotopic (exact) mass is 423 g/mol. The summed E-state index contributed by atoms with van der Waals surface area (Å²) in [7, 11) is 1.56. The molecule has 3 heterocycles. The molecule has 10 heteroatoms. The quantitative estimate of drug-likeness (QED) is 0.601. The van der Waals surface area contributed by atoms with Gasteiger partial charge in [-0.2, -0.15) is 0 Å². The van der Waals surface area contributed by atoms with Crippen molar-refractivity contribution in [3.05, 3.63) is 62.7 Å². The average Bonchev–Trinajstić information content (AvgIpc) is 2.79. The maximum Gasteiger partial charge on any atom is 0.328 e. The largest absolute Gasteiger partial charge is 0.354 e. The molecule has 0 bridgehead atoms. The number of fused-ring (bicyclic) bond motifs is 1. The fourth-order valence-corrected chi connectivity index (χ4v) is 3.81. The maximum atomic E-state index is 12.4. The van der Waals surface area contributed by atoms with E-state index in [2.05, 4.69) is 30.1 Å². The number of carbonyl (C=O) groups is 1. The molecule has 4 rings (SSSR count). The number of anilines is 1. The van der Waals surface area contributed by atoms with E-state index in [1.54, 1.807) is 26.2 Å². The van der Waals surface area contributed by atoms with Crippen molar-refractivity contribution in [2.24, 2.45) is 0 Å². The number of carbonyl (C=O) groups excluding carboxylic acids is 1. The number of hydrogen-bond acceptors (Lipinski definition) is 7. The fraction of sp³-hybridized carbons (Fsp3) is 0.381. The summed E-state index contributed by atoms with van der Waals surface area (Å²) < 4.78 is 1.20. The molecule has 0 aliphatic carbocycles. The van der Waals surface area contributed by atoms with E-state index >= 15 is 0 Å². The molecule has 1 aliphatic rings. The molecule has 0 unspecified atom stereocenters. The first kappa shape index (κ1) is 20.7. The normalized spacial score (nSPS) is 14.7. The van der Waals surface area contributed by atoms with E-state index < -0.39 is 0 Å². The predicted octanol–water partition coefficient (Wildman–Crippen LogP) is 0.182. The maximum absolute atomic E-state index is 12.4. The van der Waals surface area contributed by atoms with Gasteiger partial charge in [-0.15, -0.1) is 0 Å². The lowest BCUT2D eigenvalue weighted by molar-refractivity contribution is 0.0958. The number of nitrogens with one attached hydrogen (secondary N) is 2. The molecule has 0 spiro atoms. The Morgan fingerprint density at radius 2 is 1.90 bits per heavy atom. The fourth-order valence-electron chi connectivity index (χ4n) is 3.81. The standard InChI is InChI=1S/C21H25N7O3/c1-3-28-20(30)15-5-4-14(10-16(15)25-21(28)31)13-26-6-8-27(9-7-26)18-12-23-17(11-24-18)19(29)22-2/h4-5,10-12H,3,6-9,13H2,1-2H3,(H,22,29)(H,25,31). The summed E-state index contributed by atoms with van der Waals surface area (Å²) in [5, 5.41) is 3.05. The minimum Gasteiger partial charge on any atom is -0.354 e. The lowest BCUT2D eigenvalue weighted by atomic mass is 10.1. The van der Waals surface area contributed by atoms with Crippen molar-refractivity contribution in [2.45, 2.75) is 20.0 Å². The second-order valence-electron chi connectivity index (χ2n) is 7.46. The summed E-state index contributed by atoms with van der Waals surface area (Å²) in [4.78, 5) is 51.9.